The standard InChI is InChI=1S/C15H11ClN2O2S2/c1-8-6-11-12(16)17-15(18-13(11)22-8)21-7-9-2-4-10(5-3-9)14(19)20/h2-6H,7H2,1H3,(H,19,20). The average Bonchev–Trinajstić information content (AvgIpc) is 2.86. The van der Waals surface area contributed by atoms with Crippen molar-refractivity contribution in [2.45, 2.75) is 17.8 Å². The lowest BCUT2D eigenvalue weighted by molar-refractivity contribution is 0.0697. The second-order valence-corrected chi connectivity index (χ2v) is 7.20. The highest BCUT2D eigenvalue weighted by Gasteiger charge is 2.10. The smallest absolute Gasteiger partial charge is 0.335 e. The molecule has 112 valence electrons. The van der Waals surface area contributed by atoms with Crippen molar-refractivity contribution in [2.24, 2.45) is 0 Å². The van der Waals surface area contributed by atoms with Crippen molar-refractivity contribution in [3.8, 4) is 0 Å². The van der Waals surface area contributed by atoms with Gasteiger partial charge in [-0.05, 0) is 30.7 Å². The number of nitrogens with zero attached hydrogens (tertiary/aromatic N) is 2. The molecule has 0 fully saturated rings. The van der Waals surface area contributed by atoms with E-state index in [0.717, 1.165) is 20.7 Å². The second kappa shape index (κ2) is 6.24. The third-order valence-electron chi connectivity index (χ3n) is 3.02. The van der Waals surface area contributed by atoms with Crippen molar-refractivity contribution in [1.82, 2.24) is 9.97 Å². The molecule has 0 unspecified atom stereocenters. The lowest BCUT2D eigenvalue weighted by Crippen LogP contribution is -1.95. The molecule has 0 aliphatic rings. The van der Waals surface area contributed by atoms with E-state index >= 15 is 0 Å². The van der Waals surface area contributed by atoms with Crippen molar-refractivity contribution in [3.63, 3.8) is 0 Å². The number of aryl methyl sites for hydroxylation is 1. The maximum Gasteiger partial charge on any atom is 0.335 e. The summed E-state index contributed by atoms with van der Waals surface area (Å²) in [5, 5.41) is 10.9. The van der Waals surface area contributed by atoms with E-state index in [2.05, 4.69) is 9.97 Å². The van der Waals surface area contributed by atoms with Crippen LogP contribution >= 0.6 is 34.7 Å². The summed E-state index contributed by atoms with van der Waals surface area (Å²) in [6.45, 7) is 2.01. The van der Waals surface area contributed by atoms with Gasteiger partial charge >= 0.3 is 5.97 Å². The molecule has 2 heterocycles. The first-order chi connectivity index (χ1) is 10.5. The summed E-state index contributed by atoms with van der Waals surface area (Å²) >= 11 is 9.26. The molecule has 0 bridgehead atoms. The lowest BCUT2D eigenvalue weighted by Gasteiger charge is -2.03. The Bertz CT molecular complexity index is 847. The Hall–Kier alpha value is -1.63. The number of fused-ring (bicyclic) bond motifs is 1. The van der Waals surface area contributed by atoms with E-state index in [4.69, 9.17) is 16.7 Å². The van der Waals surface area contributed by atoms with Crippen LogP contribution in [0.5, 0.6) is 0 Å². The molecule has 1 N–H and O–H groups in total. The van der Waals surface area contributed by atoms with Gasteiger partial charge in [0.1, 0.15) is 9.98 Å². The lowest BCUT2D eigenvalue weighted by atomic mass is 10.1. The van der Waals surface area contributed by atoms with Gasteiger partial charge in [0.25, 0.3) is 0 Å². The van der Waals surface area contributed by atoms with Gasteiger partial charge < -0.3 is 5.11 Å². The van der Waals surface area contributed by atoms with Crippen molar-refractivity contribution < 1.29 is 9.90 Å². The van der Waals surface area contributed by atoms with Gasteiger partial charge in [-0.3, -0.25) is 0 Å². The Labute approximate surface area is 140 Å². The highest BCUT2D eigenvalue weighted by molar-refractivity contribution is 7.98. The van der Waals surface area contributed by atoms with Gasteiger partial charge in [-0.15, -0.1) is 11.3 Å². The SMILES string of the molecule is Cc1cc2c(Cl)nc(SCc3ccc(C(=O)O)cc3)nc2s1. The first-order valence-corrected chi connectivity index (χ1v) is 8.59. The first-order valence-electron chi connectivity index (χ1n) is 6.41. The largest absolute Gasteiger partial charge is 0.478 e. The highest BCUT2D eigenvalue weighted by atomic mass is 35.5. The van der Waals surface area contributed by atoms with Gasteiger partial charge in [0, 0.05) is 16.0 Å². The molecule has 2 aromatic heterocycles. The molecule has 1 aromatic carbocycles. The molecule has 0 saturated heterocycles. The van der Waals surface area contributed by atoms with Crippen LogP contribution in [0.1, 0.15) is 20.8 Å². The van der Waals surface area contributed by atoms with Crippen LogP contribution in [0.15, 0.2) is 35.5 Å². The number of rotatable bonds is 4. The van der Waals surface area contributed by atoms with Crippen LogP contribution in [0.4, 0.5) is 0 Å². The zero-order chi connectivity index (χ0) is 15.7. The zero-order valence-corrected chi connectivity index (χ0v) is 13.9. The number of hydrogen-bond donors (Lipinski definition) is 1. The predicted octanol–water partition coefficient (Wildman–Crippen LogP) is 4.64. The van der Waals surface area contributed by atoms with Crippen molar-refractivity contribution in [2.75, 3.05) is 0 Å². The van der Waals surface area contributed by atoms with E-state index in [-0.39, 0.29) is 5.56 Å². The summed E-state index contributed by atoms with van der Waals surface area (Å²) < 4.78 is 0. The molecular formula is C15H11ClN2O2S2. The molecule has 0 aliphatic carbocycles. The van der Waals surface area contributed by atoms with Gasteiger partial charge in [-0.2, -0.15) is 0 Å². The van der Waals surface area contributed by atoms with Crippen LogP contribution < -0.4 is 0 Å². The summed E-state index contributed by atoms with van der Waals surface area (Å²) in [5.74, 6) is -0.264. The number of carboxylic acids is 1. The van der Waals surface area contributed by atoms with E-state index in [1.165, 1.54) is 11.8 Å². The Balaban J connectivity index is 1.77. The fourth-order valence-electron chi connectivity index (χ4n) is 1.94. The number of thiophene rings is 1. The number of benzene rings is 1. The van der Waals surface area contributed by atoms with Crippen molar-refractivity contribution in [3.05, 3.63) is 51.5 Å². The van der Waals surface area contributed by atoms with Gasteiger partial charge in [-0.1, -0.05) is 35.5 Å². The van der Waals surface area contributed by atoms with Gasteiger partial charge in [0.2, 0.25) is 0 Å². The molecule has 3 rings (SSSR count). The minimum Gasteiger partial charge on any atom is -0.478 e. The molecular weight excluding hydrogens is 340 g/mol. The number of carboxylic acid groups (broad SMARTS) is 1. The van der Waals surface area contributed by atoms with Crippen LogP contribution in [-0.4, -0.2) is 21.0 Å². The summed E-state index contributed by atoms with van der Waals surface area (Å²) in [7, 11) is 0. The molecule has 0 spiro atoms. The quantitative estimate of drug-likeness (QED) is 0.421. The summed E-state index contributed by atoms with van der Waals surface area (Å²) in [4.78, 5) is 21.7. The van der Waals surface area contributed by atoms with Gasteiger partial charge in [-0.25, -0.2) is 14.8 Å². The highest BCUT2D eigenvalue weighted by Crippen LogP contribution is 2.31. The Morgan fingerprint density at radius 3 is 2.73 bits per heavy atom. The van der Waals surface area contributed by atoms with Crippen LogP contribution in [0.2, 0.25) is 5.15 Å². The third kappa shape index (κ3) is 3.24. The number of thioether (sulfide) groups is 1. The number of hydrogen-bond acceptors (Lipinski definition) is 5. The summed E-state index contributed by atoms with van der Waals surface area (Å²) in [6, 6.07) is 8.77. The monoisotopic (exact) mass is 350 g/mol. The van der Waals surface area contributed by atoms with Gasteiger partial charge in [0.15, 0.2) is 5.16 Å². The number of halogens is 1. The fraction of sp³-hybridized carbons (Fsp3) is 0.133. The predicted molar refractivity (Wildman–Crippen MR) is 90.1 cm³/mol. The minimum atomic E-state index is -0.923. The molecule has 0 amide bonds. The molecule has 7 heteroatoms. The first kappa shape index (κ1) is 15.3. The average molecular weight is 351 g/mol. The molecule has 0 aliphatic heterocycles. The van der Waals surface area contributed by atoms with E-state index < -0.39 is 5.97 Å². The Morgan fingerprint density at radius 1 is 1.32 bits per heavy atom. The molecule has 4 nitrogen and oxygen atoms in total. The van der Waals surface area contributed by atoms with E-state index in [1.807, 2.05) is 13.0 Å². The van der Waals surface area contributed by atoms with Gasteiger partial charge in [0.05, 0.1) is 5.56 Å². The van der Waals surface area contributed by atoms with Crippen LogP contribution in [-0.2, 0) is 5.75 Å². The molecule has 0 radical (unpaired) electrons. The maximum absolute atomic E-state index is 10.8. The number of aromatic nitrogens is 2. The Morgan fingerprint density at radius 2 is 2.05 bits per heavy atom. The molecule has 0 saturated carbocycles. The van der Waals surface area contributed by atoms with Crippen molar-refractivity contribution >= 4 is 50.9 Å². The summed E-state index contributed by atoms with van der Waals surface area (Å²) in [6.07, 6.45) is 0. The van der Waals surface area contributed by atoms with E-state index in [1.54, 1.807) is 35.6 Å². The molecule has 22 heavy (non-hydrogen) atoms. The topological polar surface area (TPSA) is 63.1 Å². The van der Waals surface area contributed by atoms with Crippen LogP contribution in [0.3, 0.4) is 0 Å². The Kier molecular flexibility index (Phi) is 4.33. The minimum absolute atomic E-state index is 0.281. The van der Waals surface area contributed by atoms with E-state index in [9.17, 15) is 4.79 Å². The van der Waals surface area contributed by atoms with Crippen LogP contribution in [0, 0.1) is 6.92 Å². The molecule has 3 aromatic rings. The second-order valence-electron chi connectivity index (χ2n) is 4.66. The molecule has 0 atom stereocenters. The number of aromatic carboxylic acids is 1. The normalized spacial score (nSPS) is 11.0. The van der Waals surface area contributed by atoms with E-state index in [0.29, 0.717) is 16.1 Å². The number of carbonyl (C=O) groups is 1. The van der Waals surface area contributed by atoms with Crippen LogP contribution in [0.25, 0.3) is 10.2 Å². The maximum atomic E-state index is 10.8. The third-order valence-corrected chi connectivity index (χ3v) is 5.17. The summed E-state index contributed by atoms with van der Waals surface area (Å²) in [5.41, 5.74) is 1.29. The zero-order valence-electron chi connectivity index (χ0n) is 11.5. The van der Waals surface area contributed by atoms with Crippen molar-refractivity contribution in [1.29, 1.82) is 0 Å². The fourth-order valence-corrected chi connectivity index (χ4v) is 4.01.